The third kappa shape index (κ3) is 3.52. The lowest BCUT2D eigenvalue weighted by molar-refractivity contribution is 0.0594. The number of benzene rings is 1. The van der Waals surface area contributed by atoms with Gasteiger partial charge in [-0.3, -0.25) is 14.6 Å². The van der Waals surface area contributed by atoms with Crippen LogP contribution in [-0.4, -0.2) is 47.5 Å². The molecule has 158 valence electrons. The molecule has 1 aromatic carbocycles. The minimum atomic E-state index is 0.0468. The molecule has 2 atom stereocenters. The average molecular weight is 415 g/mol. The van der Waals surface area contributed by atoms with Crippen LogP contribution in [0, 0.1) is 5.92 Å². The number of hydrogen-bond acceptors (Lipinski definition) is 4. The third-order valence-electron chi connectivity index (χ3n) is 6.51. The van der Waals surface area contributed by atoms with Crippen LogP contribution in [0.1, 0.15) is 28.4 Å². The van der Waals surface area contributed by atoms with Crippen molar-refractivity contribution in [2.45, 2.75) is 18.9 Å². The number of pyridine rings is 2. The van der Waals surface area contributed by atoms with Crippen LogP contribution in [0.3, 0.4) is 0 Å². The van der Waals surface area contributed by atoms with Gasteiger partial charge in [0.25, 0.3) is 11.5 Å². The fourth-order valence-electron chi connectivity index (χ4n) is 4.95. The fraction of sp³-hybridized carbons (Fsp3) is 0.320. The number of aromatic nitrogens is 2. The number of carbonyl (C=O) groups excluding carboxylic acids is 1. The van der Waals surface area contributed by atoms with E-state index >= 15 is 0 Å². The number of likely N-dealkylation sites (tertiary alicyclic amines) is 1. The molecular formula is C25H26N4O2. The number of amides is 1. The zero-order valence-electron chi connectivity index (χ0n) is 17.9. The van der Waals surface area contributed by atoms with Crippen LogP contribution in [0.15, 0.2) is 65.7 Å². The van der Waals surface area contributed by atoms with Crippen molar-refractivity contribution < 1.29 is 4.79 Å². The molecule has 0 saturated carbocycles. The topological polar surface area (TPSA) is 58.4 Å². The molecule has 5 rings (SSSR count). The van der Waals surface area contributed by atoms with Crippen LogP contribution in [-0.2, 0) is 6.54 Å². The Kier molecular flexibility index (Phi) is 4.85. The molecule has 0 N–H and O–H groups in total. The predicted molar refractivity (Wildman–Crippen MR) is 121 cm³/mol. The Morgan fingerprint density at radius 2 is 1.71 bits per heavy atom. The maximum Gasteiger partial charge on any atom is 0.258 e. The SMILES string of the molecule is CN(C)c1ccc(-c2ccc3n(c2=O)C[C@H]2C[C@@H]3CN(C(=O)c3ccncc3)C2)cc1. The Bertz CT molecular complexity index is 1170. The standard InChI is InChI=1S/C25H26N4O2/c1-27(2)21-5-3-18(4-6-21)22-7-8-23-20-13-17(15-29(23)25(22)31)14-28(16-20)24(30)19-9-11-26-12-10-19/h3-12,17,20H,13-16H2,1-2H3/t17-,20+/m0/s1. The summed E-state index contributed by atoms with van der Waals surface area (Å²) in [5, 5.41) is 0. The second kappa shape index (κ2) is 7.69. The van der Waals surface area contributed by atoms with Crippen molar-refractivity contribution in [1.82, 2.24) is 14.5 Å². The number of fused-ring (bicyclic) bond motifs is 4. The molecule has 0 unspecified atom stereocenters. The first-order valence-electron chi connectivity index (χ1n) is 10.7. The Morgan fingerprint density at radius 1 is 0.968 bits per heavy atom. The smallest absolute Gasteiger partial charge is 0.258 e. The van der Waals surface area contributed by atoms with Gasteiger partial charge < -0.3 is 14.4 Å². The molecule has 2 aliphatic heterocycles. The van der Waals surface area contributed by atoms with Crippen molar-refractivity contribution in [2.75, 3.05) is 32.1 Å². The van der Waals surface area contributed by atoms with Crippen LogP contribution in [0.25, 0.3) is 11.1 Å². The van der Waals surface area contributed by atoms with E-state index in [-0.39, 0.29) is 17.4 Å². The summed E-state index contributed by atoms with van der Waals surface area (Å²) in [5.74, 6) is 0.530. The van der Waals surface area contributed by atoms with Crippen LogP contribution in [0.4, 0.5) is 5.69 Å². The normalized spacial score (nSPS) is 19.6. The van der Waals surface area contributed by atoms with E-state index in [0.717, 1.165) is 28.9 Å². The zero-order valence-corrected chi connectivity index (χ0v) is 17.9. The van der Waals surface area contributed by atoms with Crippen LogP contribution < -0.4 is 10.5 Å². The monoisotopic (exact) mass is 414 g/mol. The van der Waals surface area contributed by atoms with E-state index < -0.39 is 0 Å². The van der Waals surface area contributed by atoms with Gasteiger partial charge in [-0.15, -0.1) is 0 Å². The lowest BCUT2D eigenvalue weighted by atomic mass is 9.82. The Morgan fingerprint density at radius 3 is 2.42 bits per heavy atom. The first-order valence-corrected chi connectivity index (χ1v) is 10.7. The summed E-state index contributed by atoms with van der Waals surface area (Å²) in [6.45, 7) is 1.99. The van der Waals surface area contributed by atoms with Gasteiger partial charge in [-0.2, -0.15) is 0 Å². The molecule has 2 aromatic heterocycles. The van der Waals surface area contributed by atoms with Crippen molar-refractivity contribution in [1.29, 1.82) is 0 Å². The van der Waals surface area contributed by atoms with Crippen molar-refractivity contribution in [3.8, 4) is 11.1 Å². The van der Waals surface area contributed by atoms with Gasteiger partial charge in [0.2, 0.25) is 0 Å². The number of nitrogens with zero attached hydrogens (tertiary/aromatic N) is 4. The van der Waals surface area contributed by atoms with E-state index in [9.17, 15) is 9.59 Å². The van der Waals surface area contributed by atoms with E-state index in [1.54, 1.807) is 24.5 Å². The molecule has 0 radical (unpaired) electrons. The molecule has 6 heteroatoms. The lowest BCUT2D eigenvalue weighted by Crippen LogP contribution is -2.49. The molecule has 4 heterocycles. The number of hydrogen-bond donors (Lipinski definition) is 0. The lowest BCUT2D eigenvalue weighted by Gasteiger charge is -2.43. The summed E-state index contributed by atoms with van der Waals surface area (Å²) in [5.41, 5.74) is 4.56. The van der Waals surface area contributed by atoms with Gasteiger partial charge in [-0.25, -0.2) is 0 Å². The molecule has 6 nitrogen and oxygen atoms in total. The van der Waals surface area contributed by atoms with Crippen molar-refractivity contribution in [3.63, 3.8) is 0 Å². The highest BCUT2D eigenvalue weighted by molar-refractivity contribution is 5.94. The molecule has 1 saturated heterocycles. The van der Waals surface area contributed by atoms with Gasteiger partial charge >= 0.3 is 0 Å². The highest BCUT2D eigenvalue weighted by Gasteiger charge is 2.36. The highest BCUT2D eigenvalue weighted by Crippen LogP contribution is 2.36. The molecular weight excluding hydrogens is 388 g/mol. The maximum absolute atomic E-state index is 13.4. The van der Waals surface area contributed by atoms with Gasteiger partial charge in [-0.05, 0) is 54.3 Å². The minimum absolute atomic E-state index is 0.0468. The zero-order chi connectivity index (χ0) is 21.5. The maximum atomic E-state index is 13.4. The van der Waals surface area contributed by atoms with Crippen LogP contribution in [0.2, 0.25) is 0 Å². The first-order chi connectivity index (χ1) is 15.0. The number of anilines is 1. The van der Waals surface area contributed by atoms with Gasteiger partial charge in [0.1, 0.15) is 0 Å². The van der Waals surface area contributed by atoms with E-state index in [0.29, 0.717) is 31.1 Å². The largest absolute Gasteiger partial charge is 0.378 e. The second-order valence-electron chi connectivity index (χ2n) is 8.77. The van der Waals surface area contributed by atoms with Crippen molar-refractivity contribution >= 4 is 11.6 Å². The summed E-state index contributed by atoms with van der Waals surface area (Å²) >= 11 is 0. The number of rotatable bonds is 3. The third-order valence-corrected chi connectivity index (χ3v) is 6.51. The summed E-state index contributed by atoms with van der Waals surface area (Å²) in [6.07, 6.45) is 4.33. The molecule has 31 heavy (non-hydrogen) atoms. The van der Waals surface area contributed by atoms with E-state index in [1.165, 1.54) is 0 Å². The summed E-state index contributed by atoms with van der Waals surface area (Å²) < 4.78 is 1.95. The average Bonchev–Trinajstić information content (AvgIpc) is 2.80. The quantitative estimate of drug-likeness (QED) is 0.660. The van der Waals surface area contributed by atoms with Gasteiger partial charge in [0, 0.05) is 74.5 Å². The molecule has 3 aromatic rings. The highest BCUT2D eigenvalue weighted by atomic mass is 16.2. The Hall–Kier alpha value is -3.41. The van der Waals surface area contributed by atoms with Crippen molar-refractivity contribution in [2.24, 2.45) is 5.92 Å². The fourth-order valence-corrected chi connectivity index (χ4v) is 4.95. The summed E-state index contributed by atoms with van der Waals surface area (Å²) in [6, 6.07) is 15.7. The molecule has 2 bridgehead atoms. The molecule has 1 amide bonds. The van der Waals surface area contributed by atoms with Gasteiger partial charge in [-0.1, -0.05) is 12.1 Å². The first kappa shape index (κ1) is 19.5. The summed E-state index contributed by atoms with van der Waals surface area (Å²) in [7, 11) is 4.01. The predicted octanol–water partition coefficient (Wildman–Crippen LogP) is 3.24. The Balaban J connectivity index is 1.44. The van der Waals surface area contributed by atoms with Crippen molar-refractivity contribution in [3.05, 3.63) is 82.5 Å². The van der Waals surface area contributed by atoms with E-state index in [1.807, 2.05) is 58.8 Å². The molecule has 1 fully saturated rings. The second-order valence-corrected chi connectivity index (χ2v) is 8.77. The van der Waals surface area contributed by atoms with E-state index in [2.05, 4.69) is 11.1 Å². The number of piperidine rings is 1. The molecule has 0 aliphatic carbocycles. The minimum Gasteiger partial charge on any atom is -0.378 e. The van der Waals surface area contributed by atoms with Gasteiger partial charge in [0.05, 0.1) is 0 Å². The summed E-state index contributed by atoms with van der Waals surface area (Å²) in [4.78, 5) is 34.3. The Labute approximate surface area is 181 Å². The number of carbonyl (C=O) groups is 1. The molecule has 2 aliphatic rings. The molecule has 0 spiro atoms. The van der Waals surface area contributed by atoms with Crippen LogP contribution >= 0.6 is 0 Å². The van der Waals surface area contributed by atoms with Crippen LogP contribution in [0.5, 0.6) is 0 Å². The van der Waals surface area contributed by atoms with E-state index in [4.69, 9.17) is 0 Å². The van der Waals surface area contributed by atoms with Gasteiger partial charge in [0.15, 0.2) is 0 Å².